The third-order valence-electron chi connectivity index (χ3n) is 7.19. The summed E-state index contributed by atoms with van der Waals surface area (Å²) in [5.41, 5.74) is 0.969. The lowest BCUT2D eigenvalue weighted by Crippen LogP contribution is -2.45. The number of aromatic amines is 1. The number of halogens is 3. The number of aliphatic imine (C=N–C) groups is 1. The molecule has 32 heavy (non-hydrogen) atoms. The van der Waals surface area contributed by atoms with Crippen LogP contribution in [0.25, 0.3) is 0 Å². The molecule has 1 aromatic heterocycles. The minimum absolute atomic E-state index is 0.0664. The van der Waals surface area contributed by atoms with Crippen LogP contribution in [0.2, 0.25) is 0 Å². The summed E-state index contributed by atoms with van der Waals surface area (Å²) in [4.78, 5) is 7.60. The van der Waals surface area contributed by atoms with Gasteiger partial charge in [-0.25, -0.2) is 10.0 Å². The van der Waals surface area contributed by atoms with E-state index in [1.54, 1.807) is 12.4 Å². The normalized spacial score (nSPS) is 29.2. The van der Waals surface area contributed by atoms with Gasteiger partial charge in [0.2, 0.25) is 0 Å². The number of hydrogen-bond acceptors (Lipinski definition) is 5. The van der Waals surface area contributed by atoms with Crippen LogP contribution in [0.3, 0.4) is 0 Å². The third kappa shape index (κ3) is 3.83. The van der Waals surface area contributed by atoms with Gasteiger partial charge in [0.05, 0.1) is 5.56 Å². The summed E-state index contributed by atoms with van der Waals surface area (Å²) in [6.07, 6.45) is 4.09. The number of alkyl halides is 3. The lowest BCUT2D eigenvalue weighted by atomic mass is 9.70. The van der Waals surface area contributed by atoms with Gasteiger partial charge in [0.25, 0.3) is 0 Å². The molecule has 0 spiro atoms. The smallest absolute Gasteiger partial charge is 0.346 e. The first-order chi connectivity index (χ1) is 15.3. The number of benzene rings is 1. The van der Waals surface area contributed by atoms with Crippen molar-refractivity contribution in [2.75, 3.05) is 6.54 Å². The summed E-state index contributed by atoms with van der Waals surface area (Å²) in [6.45, 7) is 2.87. The Morgan fingerprint density at radius 2 is 2.00 bits per heavy atom. The molecule has 6 nitrogen and oxygen atoms in total. The number of fused-ring (bicyclic) bond motifs is 3. The number of nitrogens with zero attached hydrogens (tertiary/aromatic N) is 4. The van der Waals surface area contributed by atoms with Gasteiger partial charge in [-0.15, -0.1) is 0 Å². The minimum Gasteiger partial charge on any atom is -0.346 e. The molecule has 5 rings (SSSR count). The molecular formula is C23H27F3N6. The van der Waals surface area contributed by atoms with Crippen LogP contribution < -0.4 is 5.32 Å². The zero-order valence-corrected chi connectivity index (χ0v) is 17.9. The Hall–Kier alpha value is -2.68. The van der Waals surface area contributed by atoms with Crippen LogP contribution in [0, 0.1) is 5.92 Å². The van der Waals surface area contributed by atoms with E-state index in [2.05, 4.69) is 33.5 Å². The molecule has 1 fully saturated rings. The average Bonchev–Trinajstić information content (AvgIpc) is 3.39. The zero-order chi connectivity index (χ0) is 22.3. The van der Waals surface area contributed by atoms with Gasteiger partial charge in [-0.05, 0) is 69.2 Å². The molecule has 9 heteroatoms. The van der Waals surface area contributed by atoms with Crippen molar-refractivity contribution in [3.05, 3.63) is 53.2 Å². The molecule has 0 amide bonds. The largest absolute Gasteiger partial charge is 0.416 e. The summed E-state index contributed by atoms with van der Waals surface area (Å²) in [5.74, 6) is 1.30. The summed E-state index contributed by atoms with van der Waals surface area (Å²) >= 11 is 0. The molecule has 2 aromatic rings. The van der Waals surface area contributed by atoms with Gasteiger partial charge in [0.1, 0.15) is 23.7 Å². The van der Waals surface area contributed by atoms with Crippen molar-refractivity contribution < 1.29 is 13.2 Å². The molecule has 2 atom stereocenters. The SMILES string of the molecule is CC1(C2CCC(NCCc3cccc(C(F)(F)F)c3)CC2)N=NN2C=Nc3[nH]ccc3C21. The second kappa shape index (κ2) is 8.03. The van der Waals surface area contributed by atoms with Gasteiger partial charge in [-0.1, -0.05) is 23.4 Å². The Kier molecular flexibility index (Phi) is 5.31. The summed E-state index contributed by atoms with van der Waals surface area (Å²) in [5, 5.41) is 14.5. The molecule has 1 aliphatic carbocycles. The molecule has 170 valence electrons. The standard InChI is InChI=1S/C23H27F3N6/c1-22(20-19-10-12-28-21(19)29-14-32(20)31-30-22)16-5-7-18(8-6-16)27-11-9-15-3-2-4-17(13-15)23(24,25)26/h2-4,10,12-14,16,18,20,27-28H,5-9,11H2,1H3. The monoisotopic (exact) mass is 444 g/mol. The van der Waals surface area contributed by atoms with E-state index in [1.807, 2.05) is 11.2 Å². The first-order valence-electron chi connectivity index (χ1n) is 11.2. The predicted molar refractivity (Wildman–Crippen MR) is 116 cm³/mol. The van der Waals surface area contributed by atoms with E-state index in [1.165, 1.54) is 12.1 Å². The summed E-state index contributed by atoms with van der Waals surface area (Å²) < 4.78 is 38.7. The second-order valence-electron chi connectivity index (χ2n) is 9.17. The van der Waals surface area contributed by atoms with Gasteiger partial charge in [0, 0.05) is 17.8 Å². The van der Waals surface area contributed by atoms with Crippen molar-refractivity contribution in [2.45, 2.75) is 62.8 Å². The molecule has 1 aromatic carbocycles. The molecular weight excluding hydrogens is 417 g/mol. The van der Waals surface area contributed by atoms with E-state index in [-0.39, 0.29) is 11.6 Å². The molecule has 3 aliphatic rings. The maximum Gasteiger partial charge on any atom is 0.416 e. The Morgan fingerprint density at radius 1 is 1.19 bits per heavy atom. The first-order valence-corrected chi connectivity index (χ1v) is 11.2. The van der Waals surface area contributed by atoms with E-state index in [4.69, 9.17) is 5.11 Å². The first kappa shape index (κ1) is 21.2. The van der Waals surface area contributed by atoms with Gasteiger partial charge < -0.3 is 10.3 Å². The molecule has 2 unspecified atom stereocenters. The maximum atomic E-state index is 12.9. The highest BCUT2D eigenvalue weighted by atomic mass is 19.4. The van der Waals surface area contributed by atoms with Crippen molar-refractivity contribution in [1.82, 2.24) is 15.3 Å². The number of hydrogen-bond donors (Lipinski definition) is 2. The second-order valence-corrected chi connectivity index (χ2v) is 9.17. The van der Waals surface area contributed by atoms with Gasteiger partial charge in [-0.3, -0.25) is 0 Å². The number of aromatic nitrogens is 1. The van der Waals surface area contributed by atoms with Crippen LogP contribution in [-0.2, 0) is 12.6 Å². The minimum atomic E-state index is -4.30. The highest BCUT2D eigenvalue weighted by Crippen LogP contribution is 2.51. The lowest BCUT2D eigenvalue weighted by Gasteiger charge is -2.41. The summed E-state index contributed by atoms with van der Waals surface area (Å²) in [6, 6.07) is 8.12. The topological polar surface area (TPSA) is 68.1 Å². The Bertz CT molecular complexity index is 1020. The van der Waals surface area contributed by atoms with Crippen molar-refractivity contribution in [1.29, 1.82) is 0 Å². The van der Waals surface area contributed by atoms with Crippen molar-refractivity contribution in [2.24, 2.45) is 21.2 Å². The van der Waals surface area contributed by atoms with Crippen molar-refractivity contribution >= 4 is 12.2 Å². The fourth-order valence-electron chi connectivity index (χ4n) is 5.40. The lowest BCUT2D eigenvalue weighted by molar-refractivity contribution is -0.137. The third-order valence-corrected chi connectivity index (χ3v) is 7.19. The molecule has 1 saturated carbocycles. The van der Waals surface area contributed by atoms with E-state index >= 15 is 0 Å². The molecule has 0 saturated heterocycles. The van der Waals surface area contributed by atoms with Gasteiger partial charge >= 0.3 is 6.18 Å². The predicted octanol–water partition coefficient (Wildman–Crippen LogP) is 5.58. The van der Waals surface area contributed by atoms with Gasteiger partial charge in [0.15, 0.2) is 0 Å². The van der Waals surface area contributed by atoms with Crippen LogP contribution in [0.4, 0.5) is 19.0 Å². The number of rotatable bonds is 5. The van der Waals surface area contributed by atoms with E-state index in [9.17, 15) is 13.2 Å². The zero-order valence-electron chi connectivity index (χ0n) is 17.9. The highest BCUT2D eigenvalue weighted by molar-refractivity contribution is 5.67. The highest BCUT2D eigenvalue weighted by Gasteiger charge is 2.51. The van der Waals surface area contributed by atoms with E-state index in [0.717, 1.165) is 43.1 Å². The quantitative estimate of drug-likeness (QED) is 0.632. The summed E-state index contributed by atoms with van der Waals surface area (Å²) in [7, 11) is 0. The van der Waals surface area contributed by atoms with Crippen LogP contribution in [-0.4, -0.2) is 34.5 Å². The van der Waals surface area contributed by atoms with Gasteiger partial charge in [-0.2, -0.15) is 18.3 Å². The number of H-pyrrole nitrogens is 1. The fourth-order valence-corrected chi connectivity index (χ4v) is 5.40. The Morgan fingerprint density at radius 3 is 2.78 bits per heavy atom. The molecule has 3 heterocycles. The van der Waals surface area contributed by atoms with Crippen LogP contribution >= 0.6 is 0 Å². The van der Waals surface area contributed by atoms with Crippen molar-refractivity contribution in [3.63, 3.8) is 0 Å². The maximum absolute atomic E-state index is 12.9. The molecule has 0 radical (unpaired) electrons. The average molecular weight is 445 g/mol. The molecule has 2 aliphatic heterocycles. The van der Waals surface area contributed by atoms with Crippen LogP contribution in [0.1, 0.15) is 55.3 Å². The number of nitrogens with one attached hydrogen (secondary N) is 2. The van der Waals surface area contributed by atoms with Crippen molar-refractivity contribution in [3.8, 4) is 0 Å². The Balaban J connectivity index is 1.15. The van der Waals surface area contributed by atoms with E-state index < -0.39 is 11.7 Å². The molecule has 0 bridgehead atoms. The van der Waals surface area contributed by atoms with Crippen LogP contribution in [0.5, 0.6) is 0 Å². The van der Waals surface area contributed by atoms with E-state index in [0.29, 0.717) is 30.5 Å². The Labute approximate surface area is 185 Å². The fraction of sp³-hybridized carbons (Fsp3) is 0.522. The van der Waals surface area contributed by atoms with Crippen LogP contribution in [0.15, 0.2) is 51.9 Å². The molecule has 2 N–H and O–H groups in total.